The highest BCUT2D eigenvalue weighted by Crippen LogP contribution is 2.37. The lowest BCUT2D eigenvalue weighted by Crippen LogP contribution is -2.17. The number of hydrogen-bond acceptors (Lipinski definition) is 6. The van der Waals surface area contributed by atoms with Gasteiger partial charge in [-0.15, -0.1) is 0 Å². The summed E-state index contributed by atoms with van der Waals surface area (Å²) in [6, 6.07) is 4.84. The van der Waals surface area contributed by atoms with E-state index < -0.39 is 17.6 Å². The van der Waals surface area contributed by atoms with Gasteiger partial charge in [0, 0.05) is 6.92 Å². The van der Waals surface area contributed by atoms with Gasteiger partial charge in [0.05, 0.1) is 15.6 Å². The number of carbonyl (C=O) groups is 1. The van der Waals surface area contributed by atoms with Crippen LogP contribution in [0.2, 0.25) is 10.0 Å². The first kappa shape index (κ1) is 21.5. The first-order chi connectivity index (χ1) is 14.0. The number of carbonyl (C=O) groups excluding carboxylic acids is 1. The number of H-pyrrole nitrogens is 1. The van der Waals surface area contributed by atoms with Gasteiger partial charge in [0.15, 0.2) is 22.2 Å². The van der Waals surface area contributed by atoms with Gasteiger partial charge in [0.25, 0.3) is 0 Å². The molecule has 14 heteroatoms. The van der Waals surface area contributed by atoms with E-state index in [1.54, 1.807) is 12.1 Å². The summed E-state index contributed by atoms with van der Waals surface area (Å²) >= 11 is 12.9. The smallest absolute Gasteiger partial charge is 0.327 e. The quantitative estimate of drug-likeness (QED) is 0.607. The molecule has 0 unspecified atom stereocenters. The fourth-order valence-corrected chi connectivity index (χ4v) is 3.83. The van der Waals surface area contributed by atoms with Gasteiger partial charge in [-0.2, -0.15) is 33.8 Å². The van der Waals surface area contributed by atoms with Gasteiger partial charge in [-0.25, -0.2) is 9.67 Å². The van der Waals surface area contributed by atoms with Crippen LogP contribution < -0.4 is 4.80 Å². The number of imidazole rings is 1. The zero-order valence-corrected chi connectivity index (χ0v) is 16.9. The van der Waals surface area contributed by atoms with Gasteiger partial charge in [0.1, 0.15) is 17.8 Å². The summed E-state index contributed by atoms with van der Waals surface area (Å²) in [6.45, 7) is 1.16. The second kappa shape index (κ2) is 7.91. The number of halogens is 5. The molecular weight excluding hydrogens is 466 g/mol. The van der Waals surface area contributed by atoms with Crippen molar-refractivity contribution in [3.63, 3.8) is 0 Å². The minimum Gasteiger partial charge on any atom is -0.327 e. The van der Waals surface area contributed by atoms with Crippen LogP contribution in [0.3, 0.4) is 0 Å². The molecular formula is C16H6Cl2F3N7OS. The standard InChI is InChI=1S/C16H6Cl2F3N7OS/c1-6(29)24-15-28(12-8(17)2-7(3-9(12)18)16(19,20)21)27-14(30-15)13-25-10(4-22)11(5-23)26-13/h2-3H,1H3,(H,25,26). The number of nitriles is 2. The van der Waals surface area contributed by atoms with E-state index >= 15 is 0 Å². The van der Waals surface area contributed by atoms with Crippen molar-refractivity contribution >= 4 is 40.4 Å². The Morgan fingerprint density at radius 2 is 1.90 bits per heavy atom. The molecule has 0 radical (unpaired) electrons. The van der Waals surface area contributed by atoms with Crippen molar-refractivity contribution in [3.8, 4) is 28.7 Å². The van der Waals surface area contributed by atoms with E-state index in [1.165, 1.54) is 0 Å². The molecule has 0 saturated heterocycles. The second-order valence-electron chi connectivity index (χ2n) is 5.55. The molecule has 8 nitrogen and oxygen atoms in total. The lowest BCUT2D eigenvalue weighted by molar-refractivity contribution is -0.137. The highest BCUT2D eigenvalue weighted by molar-refractivity contribution is 7.12. The lowest BCUT2D eigenvalue weighted by atomic mass is 10.2. The molecule has 0 bridgehead atoms. The largest absolute Gasteiger partial charge is 0.416 e. The number of rotatable bonds is 2. The van der Waals surface area contributed by atoms with Crippen LogP contribution >= 0.6 is 34.5 Å². The molecule has 152 valence electrons. The minimum absolute atomic E-state index is 0.0195. The topological polar surface area (TPSA) is 124 Å². The number of nitrogens with zero attached hydrogens (tertiary/aromatic N) is 6. The molecule has 0 aliphatic carbocycles. The van der Waals surface area contributed by atoms with Crippen LogP contribution in [0.5, 0.6) is 0 Å². The van der Waals surface area contributed by atoms with Gasteiger partial charge < -0.3 is 4.98 Å². The number of aromatic amines is 1. The average molecular weight is 472 g/mol. The summed E-state index contributed by atoms with van der Waals surface area (Å²) in [7, 11) is 0. The predicted octanol–water partition coefficient (Wildman–Crippen LogP) is 3.84. The fraction of sp³-hybridized carbons (Fsp3) is 0.125. The zero-order valence-electron chi connectivity index (χ0n) is 14.5. The van der Waals surface area contributed by atoms with Crippen LogP contribution in [0.25, 0.3) is 16.5 Å². The Balaban J connectivity index is 2.27. The van der Waals surface area contributed by atoms with Crippen molar-refractivity contribution in [2.24, 2.45) is 4.99 Å². The zero-order chi connectivity index (χ0) is 22.2. The van der Waals surface area contributed by atoms with E-state index in [9.17, 15) is 18.0 Å². The second-order valence-corrected chi connectivity index (χ2v) is 7.32. The van der Waals surface area contributed by atoms with E-state index in [0.717, 1.165) is 22.9 Å². The monoisotopic (exact) mass is 471 g/mol. The minimum atomic E-state index is -4.67. The van der Waals surface area contributed by atoms with Gasteiger partial charge in [-0.05, 0) is 12.1 Å². The van der Waals surface area contributed by atoms with E-state index in [1.807, 2.05) is 0 Å². The van der Waals surface area contributed by atoms with Gasteiger partial charge in [-0.1, -0.05) is 34.5 Å². The van der Waals surface area contributed by atoms with Crippen LogP contribution in [0.1, 0.15) is 23.9 Å². The van der Waals surface area contributed by atoms with Crippen LogP contribution in [-0.4, -0.2) is 25.7 Å². The molecule has 2 aromatic heterocycles. The first-order valence-corrected chi connectivity index (χ1v) is 9.25. The molecule has 1 N–H and O–H groups in total. The number of nitrogens with one attached hydrogen (secondary N) is 1. The molecule has 0 fully saturated rings. The normalized spacial score (nSPS) is 11.9. The third kappa shape index (κ3) is 4.07. The highest BCUT2D eigenvalue weighted by Gasteiger charge is 2.32. The number of aromatic nitrogens is 4. The predicted molar refractivity (Wildman–Crippen MR) is 99.7 cm³/mol. The van der Waals surface area contributed by atoms with E-state index in [-0.39, 0.29) is 42.8 Å². The maximum Gasteiger partial charge on any atom is 0.416 e. The highest BCUT2D eigenvalue weighted by atomic mass is 35.5. The van der Waals surface area contributed by atoms with Crippen molar-refractivity contribution in [2.45, 2.75) is 13.1 Å². The third-order valence-electron chi connectivity index (χ3n) is 3.49. The molecule has 0 spiro atoms. The van der Waals surface area contributed by atoms with Crippen LogP contribution in [0.4, 0.5) is 13.2 Å². The maximum atomic E-state index is 13.0. The summed E-state index contributed by atoms with van der Waals surface area (Å²) in [4.78, 5) is 21.8. The SMILES string of the molecule is CC(=O)N=c1sc(-c2nc(C#N)c(C#N)[nH]2)nn1-c1c(Cl)cc(C(F)(F)F)cc1Cl. The summed E-state index contributed by atoms with van der Waals surface area (Å²) in [5, 5.41) is 21.6. The number of amides is 1. The van der Waals surface area contributed by atoms with Gasteiger partial charge >= 0.3 is 6.18 Å². The molecule has 0 aliphatic rings. The number of alkyl halides is 3. The fourth-order valence-electron chi connectivity index (χ4n) is 2.30. The van der Waals surface area contributed by atoms with Crippen LogP contribution in [-0.2, 0) is 11.0 Å². The lowest BCUT2D eigenvalue weighted by Gasteiger charge is -2.12. The Morgan fingerprint density at radius 3 is 2.37 bits per heavy atom. The molecule has 0 aliphatic heterocycles. The molecule has 0 saturated carbocycles. The summed E-state index contributed by atoms with van der Waals surface area (Å²) in [5.74, 6) is -0.598. The maximum absolute atomic E-state index is 13.0. The summed E-state index contributed by atoms with van der Waals surface area (Å²) in [6.07, 6.45) is -4.67. The Morgan fingerprint density at radius 1 is 1.27 bits per heavy atom. The molecule has 1 aromatic carbocycles. The molecule has 3 aromatic rings. The van der Waals surface area contributed by atoms with E-state index in [2.05, 4.69) is 20.1 Å². The molecule has 0 atom stereocenters. The van der Waals surface area contributed by atoms with Crippen LogP contribution in [0, 0.1) is 22.7 Å². The molecule has 1 amide bonds. The van der Waals surface area contributed by atoms with E-state index in [0.29, 0.717) is 12.1 Å². The van der Waals surface area contributed by atoms with Crippen LogP contribution in [0.15, 0.2) is 17.1 Å². The summed E-state index contributed by atoms with van der Waals surface area (Å²) in [5.41, 5.74) is -1.48. The van der Waals surface area contributed by atoms with Crippen molar-refractivity contribution in [1.82, 2.24) is 19.7 Å². The Bertz CT molecular complexity index is 1270. The Hall–Kier alpha value is -3.19. The van der Waals surface area contributed by atoms with Crippen molar-refractivity contribution in [1.29, 1.82) is 10.5 Å². The van der Waals surface area contributed by atoms with Crippen molar-refractivity contribution in [2.75, 3.05) is 0 Å². The number of hydrogen-bond donors (Lipinski definition) is 1. The van der Waals surface area contributed by atoms with E-state index in [4.69, 9.17) is 33.7 Å². The Labute approximate surface area is 179 Å². The molecule has 3 rings (SSSR count). The van der Waals surface area contributed by atoms with Crippen molar-refractivity contribution in [3.05, 3.63) is 43.9 Å². The van der Waals surface area contributed by atoms with Gasteiger partial charge in [-0.3, -0.25) is 4.79 Å². The third-order valence-corrected chi connectivity index (χ3v) is 4.98. The van der Waals surface area contributed by atoms with Crippen molar-refractivity contribution < 1.29 is 18.0 Å². The number of benzene rings is 1. The summed E-state index contributed by atoms with van der Waals surface area (Å²) < 4.78 is 40.0. The Kier molecular flexibility index (Phi) is 5.67. The molecule has 2 heterocycles. The average Bonchev–Trinajstić information content (AvgIpc) is 3.24. The molecule has 30 heavy (non-hydrogen) atoms. The first-order valence-electron chi connectivity index (χ1n) is 7.67. The van der Waals surface area contributed by atoms with Gasteiger partial charge in [0.2, 0.25) is 10.7 Å².